The molecule has 0 saturated carbocycles. The van der Waals surface area contributed by atoms with Gasteiger partial charge in [0, 0.05) is 25.5 Å². The van der Waals surface area contributed by atoms with Crippen LogP contribution in [0.4, 0.5) is 0 Å². The van der Waals surface area contributed by atoms with Gasteiger partial charge in [0.25, 0.3) is 5.91 Å². The van der Waals surface area contributed by atoms with Crippen LogP contribution in [0.1, 0.15) is 23.6 Å². The summed E-state index contributed by atoms with van der Waals surface area (Å²) in [5.41, 5.74) is 1.45. The van der Waals surface area contributed by atoms with Crippen molar-refractivity contribution in [3.8, 4) is 0 Å². The van der Waals surface area contributed by atoms with E-state index in [0.717, 1.165) is 5.56 Å². The van der Waals surface area contributed by atoms with Crippen molar-refractivity contribution >= 4 is 41.0 Å². The first kappa shape index (κ1) is 22.8. The van der Waals surface area contributed by atoms with Gasteiger partial charge < -0.3 is 14.6 Å². The number of carbonyl (C=O) groups is 2. The molecule has 2 aromatic carbocycles. The summed E-state index contributed by atoms with van der Waals surface area (Å²) in [6.07, 6.45) is 8.84. The van der Waals surface area contributed by atoms with Gasteiger partial charge in [-0.3, -0.25) is 9.59 Å². The minimum atomic E-state index is -0.775. The van der Waals surface area contributed by atoms with E-state index in [0.29, 0.717) is 35.1 Å². The number of carbonyl (C=O) groups excluding carboxylic acids is 2. The molecule has 33 heavy (non-hydrogen) atoms. The van der Waals surface area contributed by atoms with Crippen molar-refractivity contribution in [3.63, 3.8) is 0 Å². The van der Waals surface area contributed by atoms with Crippen LogP contribution in [-0.4, -0.2) is 37.8 Å². The fraction of sp³-hybridized carbons (Fsp3) is 0.160. The molecule has 0 bridgehead atoms. The van der Waals surface area contributed by atoms with Crippen LogP contribution in [0.25, 0.3) is 6.08 Å². The van der Waals surface area contributed by atoms with Gasteiger partial charge >= 0.3 is 0 Å². The Morgan fingerprint density at radius 3 is 2.58 bits per heavy atom. The van der Waals surface area contributed by atoms with Crippen LogP contribution in [0.2, 0.25) is 10.0 Å². The van der Waals surface area contributed by atoms with E-state index in [4.69, 9.17) is 23.2 Å². The smallest absolute Gasteiger partial charge is 0.290 e. The van der Waals surface area contributed by atoms with Crippen molar-refractivity contribution < 1.29 is 14.7 Å². The van der Waals surface area contributed by atoms with E-state index in [2.05, 4.69) is 4.98 Å². The Morgan fingerprint density at radius 1 is 1.09 bits per heavy atom. The molecular weight excluding hydrogens is 461 g/mol. The molecule has 0 aliphatic carbocycles. The Labute approximate surface area is 201 Å². The fourth-order valence-corrected chi connectivity index (χ4v) is 4.14. The number of aryl methyl sites for hydroxylation is 1. The van der Waals surface area contributed by atoms with Gasteiger partial charge in [-0.1, -0.05) is 65.7 Å². The number of imidazole rings is 1. The third-order valence-corrected chi connectivity index (χ3v) is 6.17. The van der Waals surface area contributed by atoms with Gasteiger partial charge in [0.05, 0.1) is 28.0 Å². The van der Waals surface area contributed by atoms with E-state index in [1.807, 2.05) is 41.1 Å². The Bertz CT molecular complexity index is 1220. The van der Waals surface area contributed by atoms with Crippen molar-refractivity contribution in [2.75, 3.05) is 6.54 Å². The predicted molar refractivity (Wildman–Crippen MR) is 128 cm³/mol. The van der Waals surface area contributed by atoms with Gasteiger partial charge in [-0.25, -0.2) is 4.98 Å². The van der Waals surface area contributed by atoms with Crippen LogP contribution in [0, 0.1) is 0 Å². The summed E-state index contributed by atoms with van der Waals surface area (Å²) in [5, 5.41) is 11.4. The summed E-state index contributed by atoms with van der Waals surface area (Å²) in [6.45, 7) is 0.959. The Morgan fingerprint density at radius 2 is 1.88 bits per heavy atom. The zero-order chi connectivity index (χ0) is 23.4. The molecule has 168 valence electrons. The molecule has 1 amide bonds. The molecule has 2 heterocycles. The minimum absolute atomic E-state index is 0.0215. The zero-order valence-electron chi connectivity index (χ0n) is 17.6. The molecule has 1 unspecified atom stereocenters. The molecule has 1 aliphatic heterocycles. The second kappa shape index (κ2) is 10.1. The summed E-state index contributed by atoms with van der Waals surface area (Å²) in [4.78, 5) is 31.7. The molecule has 1 aliphatic rings. The molecule has 1 N–H and O–H groups in total. The molecular formula is C25H21Cl2N3O3. The molecule has 4 rings (SSSR count). The first-order valence-corrected chi connectivity index (χ1v) is 11.1. The van der Waals surface area contributed by atoms with Crippen molar-refractivity contribution in [3.05, 3.63) is 106 Å². The number of halogens is 2. The van der Waals surface area contributed by atoms with Crippen LogP contribution in [0.15, 0.2) is 84.7 Å². The highest BCUT2D eigenvalue weighted by molar-refractivity contribution is 6.42. The first-order valence-electron chi connectivity index (χ1n) is 10.4. The Balaban J connectivity index is 1.64. The number of nitrogens with zero attached hydrogens (tertiary/aromatic N) is 3. The number of aliphatic hydroxyl groups excluding tert-OH is 1. The lowest BCUT2D eigenvalue weighted by atomic mass is 9.95. The van der Waals surface area contributed by atoms with Gasteiger partial charge in [0.1, 0.15) is 0 Å². The number of allylic oxidation sites excluding steroid dienone is 1. The monoisotopic (exact) mass is 481 g/mol. The molecule has 8 heteroatoms. The van der Waals surface area contributed by atoms with Gasteiger partial charge in [-0.15, -0.1) is 0 Å². The molecule has 3 aromatic rings. The quantitative estimate of drug-likeness (QED) is 0.445. The Hall–Kier alpha value is -3.35. The fourth-order valence-electron chi connectivity index (χ4n) is 3.83. The standard InChI is InChI=1S/C25H21Cl2N3O3/c26-19-9-8-18(15-20(19)27)23-22(21(31)10-7-17-5-2-1-3-6-17)24(32)25(33)30(23)13-4-12-29-14-11-28-16-29/h1-3,5-11,14-16,23,32H,4,12-13H2/b10-7+. The summed E-state index contributed by atoms with van der Waals surface area (Å²) in [7, 11) is 0. The largest absolute Gasteiger partial charge is 0.503 e. The van der Waals surface area contributed by atoms with Gasteiger partial charge in [0.15, 0.2) is 11.5 Å². The van der Waals surface area contributed by atoms with E-state index in [1.165, 1.54) is 11.0 Å². The maximum atomic E-state index is 13.2. The first-order chi connectivity index (χ1) is 16.0. The number of aliphatic hydroxyl groups is 1. The SMILES string of the molecule is O=C(/C=C/c1ccccc1)C1=C(O)C(=O)N(CCCn2ccnc2)C1c1ccc(Cl)c(Cl)c1. The van der Waals surface area contributed by atoms with Crippen LogP contribution in [0.3, 0.4) is 0 Å². The zero-order valence-corrected chi connectivity index (χ0v) is 19.1. The number of amides is 1. The average Bonchev–Trinajstić information content (AvgIpc) is 3.42. The lowest BCUT2D eigenvalue weighted by Gasteiger charge is -2.27. The topological polar surface area (TPSA) is 75.4 Å². The molecule has 0 fully saturated rings. The summed E-state index contributed by atoms with van der Waals surface area (Å²) >= 11 is 12.3. The lowest BCUT2D eigenvalue weighted by Crippen LogP contribution is -2.32. The minimum Gasteiger partial charge on any atom is -0.503 e. The van der Waals surface area contributed by atoms with E-state index in [9.17, 15) is 14.7 Å². The van der Waals surface area contributed by atoms with Gasteiger partial charge in [-0.2, -0.15) is 0 Å². The predicted octanol–water partition coefficient (Wildman–Crippen LogP) is 5.26. The molecule has 6 nitrogen and oxygen atoms in total. The highest BCUT2D eigenvalue weighted by atomic mass is 35.5. The maximum absolute atomic E-state index is 13.2. The highest BCUT2D eigenvalue weighted by Crippen LogP contribution is 2.39. The van der Waals surface area contributed by atoms with E-state index >= 15 is 0 Å². The van der Waals surface area contributed by atoms with E-state index in [-0.39, 0.29) is 5.57 Å². The van der Waals surface area contributed by atoms with Crippen molar-refractivity contribution in [1.82, 2.24) is 14.5 Å². The van der Waals surface area contributed by atoms with Crippen LogP contribution in [-0.2, 0) is 16.1 Å². The molecule has 0 radical (unpaired) electrons. The van der Waals surface area contributed by atoms with E-state index < -0.39 is 23.5 Å². The number of ketones is 1. The van der Waals surface area contributed by atoms with Gasteiger partial charge in [0.2, 0.25) is 0 Å². The third kappa shape index (κ3) is 5.02. The maximum Gasteiger partial charge on any atom is 0.290 e. The van der Waals surface area contributed by atoms with E-state index in [1.54, 1.807) is 36.8 Å². The number of benzene rings is 2. The third-order valence-electron chi connectivity index (χ3n) is 5.43. The van der Waals surface area contributed by atoms with Crippen LogP contribution < -0.4 is 0 Å². The average molecular weight is 482 g/mol. The molecule has 1 atom stereocenters. The number of hydrogen-bond acceptors (Lipinski definition) is 4. The summed E-state index contributed by atoms with van der Waals surface area (Å²) in [6, 6.07) is 13.5. The number of hydrogen-bond donors (Lipinski definition) is 1. The Kier molecular flexibility index (Phi) is 6.96. The summed E-state index contributed by atoms with van der Waals surface area (Å²) in [5.74, 6) is -1.58. The second-order valence-corrected chi connectivity index (χ2v) is 8.41. The normalized spacial score (nSPS) is 16.2. The van der Waals surface area contributed by atoms with Crippen LogP contribution in [0.5, 0.6) is 0 Å². The van der Waals surface area contributed by atoms with Crippen molar-refractivity contribution in [1.29, 1.82) is 0 Å². The van der Waals surface area contributed by atoms with Crippen molar-refractivity contribution in [2.24, 2.45) is 0 Å². The molecule has 0 saturated heterocycles. The van der Waals surface area contributed by atoms with Crippen LogP contribution >= 0.6 is 23.2 Å². The number of rotatable bonds is 8. The lowest BCUT2D eigenvalue weighted by molar-refractivity contribution is -0.129. The van der Waals surface area contributed by atoms with Crippen molar-refractivity contribution in [2.45, 2.75) is 19.0 Å². The highest BCUT2D eigenvalue weighted by Gasteiger charge is 2.42. The second-order valence-electron chi connectivity index (χ2n) is 7.60. The molecule has 0 spiro atoms. The summed E-state index contributed by atoms with van der Waals surface area (Å²) < 4.78 is 1.90. The van der Waals surface area contributed by atoms with Gasteiger partial charge in [-0.05, 0) is 35.8 Å². The molecule has 1 aromatic heterocycles. The number of aromatic nitrogens is 2.